The summed E-state index contributed by atoms with van der Waals surface area (Å²) in [6, 6.07) is -0.789. The maximum Gasteiger partial charge on any atom is 0.324 e. The van der Waals surface area contributed by atoms with Crippen molar-refractivity contribution in [3.05, 3.63) is 6.20 Å². The summed E-state index contributed by atoms with van der Waals surface area (Å²) in [7, 11) is -3.85. The van der Waals surface area contributed by atoms with Crippen molar-refractivity contribution < 1.29 is 17.9 Å². The number of nitrogens with two attached hydrogens (primary N) is 1. The summed E-state index contributed by atoms with van der Waals surface area (Å²) < 4.78 is 31.2. The summed E-state index contributed by atoms with van der Waals surface area (Å²) >= 11 is 0. The third-order valence-electron chi connectivity index (χ3n) is 3.23. The van der Waals surface area contributed by atoms with Crippen LogP contribution < -0.4 is 5.73 Å². The van der Waals surface area contributed by atoms with Crippen molar-refractivity contribution >= 4 is 21.8 Å². The molecule has 20 heavy (non-hydrogen) atoms. The molecule has 8 nitrogen and oxygen atoms in total. The third-order valence-corrected chi connectivity index (χ3v) is 5.17. The standard InChI is InChI=1S/C11H18N4O4S/c1-2-19-11(16)8-5-3-4-6-15(8)20(17,18)9-7-13-14-10(9)12/h7-8H,2-6H2,1H3,(H3,12,13,14). The molecule has 1 atom stereocenters. The number of sulfonamides is 1. The Kier molecular flexibility index (Phi) is 4.29. The Morgan fingerprint density at radius 3 is 2.95 bits per heavy atom. The Bertz CT molecular complexity index is 583. The SMILES string of the molecule is CCOC(=O)C1CCCCN1S(=O)(=O)c1cn[nH]c1N. The summed E-state index contributed by atoms with van der Waals surface area (Å²) in [5, 5.41) is 6.01. The largest absolute Gasteiger partial charge is 0.465 e. The highest BCUT2D eigenvalue weighted by molar-refractivity contribution is 7.89. The van der Waals surface area contributed by atoms with E-state index in [9.17, 15) is 13.2 Å². The highest BCUT2D eigenvalue weighted by Gasteiger charge is 2.39. The van der Waals surface area contributed by atoms with Crippen LogP contribution in [0.2, 0.25) is 0 Å². The second-order valence-corrected chi connectivity index (χ2v) is 6.39. The Hall–Kier alpha value is -1.61. The number of carbonyl (C=O) groups excluding carboxylic acids is 1. The minimum Gasteiger partial charge on any atom is -0.465 e. The van der Waals surface area contributed by atoms with Crippen LogP contribution in [0.15, 0.2) is 11.1 Å². The molecule has 2 rings (SSSR count). The molecule has 3 N–H and O–H groups in total. The van der Waals surface area contributed by atoms with Crippen molar-refractivity contribution in [3.63, 3.8) is 0 Å². The van der Waals surface area contributed by atoms with Crippen molar-refractivity contribution in [2.24, 2.45) is 0 Å². The van der Waals surface area contributed by atoms with Crippen LogP contribution in [0.25, 0.3) is 0 Å². The van der Waals surface area contributed by atoms with Gasteiger partial charge in [-0.15, -0.1) is 0 Å². The van der Waals surface area contributed by atoms with E-state index in [4.69, 9.17) is 10.5 Å². The van der Waals surface area contributed by atoms with Crippen LogP contribution >= 0.6 is 0 Å². The number of anilines is 1. The van der Waals surface area contributed by atoms with Gasteiger partial charge in [-0.2, -0.15) is 9.40 Å². The Morgan fingerprint density at radius 1 is 1.60 bits per heavy atom. The summed E-state index contributed by atoms with van der Waals surface area (Å²) in [5.41, 5.74) is 5.57. The van der Waals surface area contributed by atoms with Gasteiger partial charge in [0.2, 0.25) is 10.0 Å². The molecule has 2 heterocycles. The minimum absolute atomic E-state index is 0.0295. The van der Waals surface area contributed by atoms with E-state index in [-0.39, 0.29) is 23.9 Å². The highest BCUT2D eigenvalue weighted by Crippen LogP contribution is 2.27. The number of aromatic amines is 1. The van der Waals surface area contributed by atoms with Crippen molar-refractivity contribution in [2.45, 2.75) is 37.1 Å². The molecule has 0 bridgehead atoms. The molecule has 112 valence electrons. The summed E-state index contributed by atoms with van der Waals surface area (Å²) in [6.07, 6.45) is 3.10. The molecule has 1 aromatic heterocycles. The monoisotopic (exact) mass is 302 g/mol. The molecule has 1 aromatic rings. The number of nitrogen functional groups attached to an aromatic ring is 1. The second kappa shape index (κ2) is 5.80. The number of nitrogens with one attached hydrogen (secondary N) is 1. The molecule has 1 aliphatic rings. The van der Waals surface area contributed by atoms with Crippen molar-refractivity contribution in [3.8, 4) is 0 Å². The zero-order chi connectivity index (χ0) is 14.8. The zero-order valence-corrected chi connectivity index (χ0v) is 12.0. The first-order valence-corrected chi connectivity index (χ1v) is 7.89. The molecular formula is C11H18N4O4S. The molecule has 0 aliphatic carbocycles. The lowest BCUT2D eigenvalue weighted by Crippen LogP contribution is -2.48. The molecule has 0 amide bonds. The van der Waals surface area contributed by atoms with Crippen LogP contribution in [0.5, 0.6) is 0 Å². The molecule has 0 spiro atoms. The van der Waals surface area contributed by atoms with Crippen LogP contribution in [0, 0.1) is 0 Å². The molecule has 0 radical (unpaired) electrons. The number of esters is 1. The van der Waals surface area contributed by atoms with E-state index >= 15 is 0 Å². The number of piperidine rings is 1. The van der Waals surface area contributed by atoms with Crippen LogP contribution in [-0.2, 0) is 19.6 Å². The number of aromatic nitrogens is 2. The van der Waals surface area contributed by atoms with E-state index in [1.54, 1.807) is 6.92 Å². The molecule has 0 aromatic carbocycles. The van der Waals surface area contributed by atoms with Gasteiger partial charge in [0.15, 0.2) is 0 Å². The number of nitrogens with zero attached hydrogens (tertiary/aromatic N) is 2. The zero-order valence-electron chi connectivity index (χ0n) is 11.2. The Labute approximate surface area is 117 Å². The fourth-order valence-electron chi connectivity index (χ4n) is 2.28. The van der Waals surface area contributed by atoms with Crippen molar-refractivity contribution in [1.29, 1.82) is 0 Å². The van der Waals surface area contributed by atoms with Gasteiger partial charge in [-0.05, 0) is 26.2 Å². The summed E-state index contributed by atoms with van der Waals surface area (Å²) in [4.78, 5) is 11.8. The molecular weight excluding hydrogens is 284 g/mol. The highest BCUT2D eigenvalue weighted by atomic mass is 32.2. The van der Waals surface area contributed by atoms with Gasteiger partial charge in [-0.3, -0.25) is 9.89 Å². The van der Waals surface area contributed by atoms with Crippen LogP contribution in [0.1, 0.15) is 26.2 Å². The minimum atomic E-state index is -3.85. The van der Waals surface area contributed by atoms with Crippen molar-refractivity contribution in [2.75, 3.05) is 18.9 Å². The number of carbonyl (C=O) groups is 1. The molecule has 9 heteroatoms. The first kappa shape index (κ1) is 14.8. The van der Waals surface area contributed by atoms with Gasteiger partial charge < -0.3 is 10.5 Å². The first-order valence-electron chi connectivity index (χ1n) is 6.45. The number of H-pyrrole nitrogens is 1. The van der Waals surface area contributed by atoms with Crippen LogP contribution in [0.4, 0.5) is 5.82 Å². The molecule has 1 fully saturated rings. The number of hydrogen-bond acceptors (Lipinski definition) is 6. The number of ether oxygens (including phenoxy) is 1. The molecule has 0 saturated carbocycles. The van der Waals surface area contributed by atoms with Gasteiger partial charge in [-0.1, -0.05) is 0 Å². The first-order chi connectivity index (χ1) is 9.48. The fraction of sp³-hybridized carbons (Fsp3) is 0.636. The average Bonchev–Trinajstić information content (AvgIpc) is 2.86. The predicted octanol–water partition coefficient (Wildman–Crippen LogP) is 0.0982. The van der Waals surface area contributed by atoms with E-state index in [0.29, 0.717) is 12.8 Å². The molecule has 1 unspecified atom stereocenters. The van der Waals surface area contributed by atoms with E-state index in [1.807, 2.05) is 0 Å². The van der Waals surface area contributed by atoms with E-state index in [1.165, 1.54) is 0 Å². The normalized spacial score (nSPS) is 20.8. The fourth-order valence-corrected chi connectivity index (χ4v) is 3.94. The maximum absolute atomic E-state index is 12.6. The lowest BCUT2D eigenvalue weighted by atomic mass is 10.1. The maximum atomic E-state index is 12.6. The third kappa shape index (κ3) is 2.63. The molecule has 1 aliphatic heterocycles. The predicted molar refractivity (Wildman–Crippen MR) is 71.2 cm³/mol. The van der Waals surface area contributed by atoms with Gasteiger partial charge in [-0.25, -0.2) is 8.42 Å². The lowest BCUT2D eigenvalue weighted by molar-refractivity contribution is -0.148. The molecule has 1 saturated heterocycles. The summed E-state index contributed by atoms with van der Waals surface area (Å²) in [6.45, 7) is 2.18. The Balaban J connectivity index is 2.32. The van der Waals surface area contributed by atoms with Gasteiger partial charge in [0.25, 0.3) is 0 Å². The van der Waals surface area contributed by atoms with Crippen LogP contribution in [-0.4, -0.2) is 48.1 Å². The van der Waals surface area contributed by atoms with Gasteiger partial charge in [0.05, 0.1) is 12.8 Å². The second-order valence-electron chi connectivity index (χ2n) is 4.53. The van der Waals surface area contributed by atoms with E-state index in [0.717, 1.165) is 16.9 Å². The topological polar surface area (TPSA) is 118 Å². The van der Waals surface area contributed by atoms with E-state index in [2.05, 4.69) is 10.2 Å². The lowest BCUT2D eigenvalue weighted by Gasteiger charge is -2.32. The smallest absolute Gasteiger partial charge is 0.324 e. The van der Waals surface area contributed by atoms with Crippen LogP contribution in [0.3, 0.4) is 0 Å². The average molecular weight is 302 g/mol. The van der Waals surface area contributed by atoms with Gasteiger partial charge >= 0.3 is 5.97 Å². The van der Waals surface area contributed by atoms with Crippen molar-refractivity contribution in [1.82, 2.24) is 14.5 Å². The quantitative estimate of drug-likeness (QED) is 0.761. The van der Waals surface area contributed by atoms with Gasteiger partial charge in [0.1, 0.15) is 16.8 Å². The summed E-state index contributed by atoms with van der Waals surface area (Å²) in [5.74, 6) is -0.545. The number of hydrogen-bond donors (Lipinski definition) is 2. The Morgan fingerprint density at radius 2 is 2.35 bits per heavy atom. The van der Waals surface area contributed by atoms with E-state index < -0.39 is 22.0 Å². The number of rotatable bonds is 4. The van der Waals surface area contributed by atoms with Gasteiger partial charge in [0, 0.05) is 6.54 Å².